The first-order valence-electron chi connectivity index (χ1n) is 57.9. The van der Waals surface area contributed by atoms with E-state index >= 15 is 4.79 Å². The van der Waals surface area contributed by atoms with E-state index in [-0.39, 0.29) is 32.5 Å². The Morgan fingerprint density at radius 1 is 0.150 bits per heavy atom. The topological polar surface area (TPSA) is 26.3 Å². The van der Waals surface area contributed by atoms with E-state index in [1.54, 1.807) is 0 Å². The zero-order valence-corrected chi connectivity index (χ0v) is 87.7. The summed E-state index contributed by atoms with van der Waals surface area (Å²) in [6, 6.07) is 0. The minimum absolute atomic E-state index is 0.00103. The smallest absolute Gasteiger partial charge is 0.312 e. The molecule has 0 aliphatic heterocycles. The van der Waals surface area contributed by atoms with Gasteiger partial charge in [-0.2, -0.15) is 0 Å². The van der Waals surface area contributed by atoms with Crippen molar-refractivity contribution < 1.29 is 9.53 Å². The Bertz CT molecular complexity index is 1970. The van der Waals surface area contributed by atoms with Crippen LogP contribution >= 0.6 is 0 Å². The lowest BCUT2D eigenvalue weighted by atomic mass is 9.26. The molecular weight excluding hydrogens is 1450 g/mol. The van der Waals surface area contributed by atoms with Gasteiger partial charge in [-0.25, -0.2) is 0 Å². The van der Waals surface area contributed by atoms with Gasteiger partial charge in [0, 0.05) is 0 Å². The van der Waals surface area contributed by atoms with E-state index < -0.39 is 5.41 Å². The number of ether oxygens (including phenoxy) is 1. The second-order valence-electron chi connectivity index (χ2n) is 42.3. The lowest BCUT2D eigenvalue weighted by Gasteiger charge is -2.77. The van der Waals surface area contributed by atoms with Gasteiger partial charge >= 0.3 is 5.97 Å². The largest absolute Gasteiger partial charge is 0.466 e. The maximum absolute atomic E-state index is 18.6. The predicted octanol–water partition coefficient (Wildman–Crippen LogP) is 43.9. The summed E-state index contributed by atoms with van der Waals surface area (Å²) in [5.41, 5.74) is -0.00164. The number of rotatable bonds is 99. The second-order valence-corrected chi connectivity index (χ2v) is 42.3. The van der Waals surface area contributed by atoms with Crippen LogP contribution in [0.5, 0.6) is 0 Å². The van der Waals surface area contributed by atoms with Crippen molar-refractivity contribution in [2.75, 3.05) is 6.61 Å². The lowest BCUT2D eigenvalue weighted by Crippen LogP contribution is -2.71. The summed E-state index contributed by atoms with van der Waals surface area (Å²) in [7, 11) is 0. The van der Waals surface area contributed by atoms with E-state index in [9.17, 15) is 0 Å². The van der Waals surface area contributed by atoms with Crippen LogP contribution in [-0.2, 0) is 9.53 Å². The summed E-state index contributed by atoms with van der Waals surface area (Å²) >= 11 is 0. The molecule has 2 nitrogen and oxygen atoms in total. The van der Waals surface area contributed by atoms with E-state index in [0.717, 1.165) is 12.8 Å². The zero-order valence-electron chi connectivity index (χ0n) is 87.7. The summed E-state index contributed by atoms with van der Waals surface area (Å²) in [5, 5.41) is 0. The average molecular weight is 1690 g/mol. The Morgan fingerprint density at radius 2 is 0.292 bits per heavy atom. The number of esters is 1. The average Bonchev–Trinajstić information content (AvgIpc) is 0.659. The van der Waals surface area contributed by atoms with Crippen molar-refractivity contribution in [2.24, 2.45) is 43.3 Å². The van der Waals surface area contributed by atoms with Gasteiger partial charge in [0.15, 0.2) is 0 Å². The maximum atomic E-state index is 18.6. The Kier molecular flexibility index (Phi) is 80.2. The van der Waals surface area contributed by atoms with Gasteiger partial charge in [-0.1, -0.05) is 574 Å². The van der Waals surface area contributed by atoms with Crippen LogP contribution in [0.1, 0.15) is 703 Å². The Hall–Kier alpha value is -0.530. The highest BCUT2D eigenvalue weighted by molar-refractivity contribution is 5.78. The third-order valence-electron chi connectivity index (χ3n) is 33.3. The van der Waals surface area contributed by atoms with Crippen LogP contribution in [0.15, 0.2) is 0 Å². The molecule has 0 aliphatic rings. The predicted molar refractivity (Wildman–Crippen MR) is 548 cm³/mol. The Balaban J connectivity index is 12.7. The van der Waals surface area contributed by atoms with E-state index in [1.807, 2.05) is 0 Å². The molecule has 0 aliphatic carbocycles. The quantitative estimate of drug-likeness (QED) is 0.0448. The van der Waals surface area contributed by atoms with Crippen molar-refractivity contribution in [3.8, 4) is 0 Å². The molecule has 120 heavy (non-hydrogen) atoms. The molecule has 0 fully saturated rings. The van der Waals surface area contributed by atoms with Crippen LogP contribution in [0.4, 0.5) is 0 Å². The van der Waals surface area contributed by atoms with E-state index in [4.69, 9.17) is 4.74 Å². The molecule has 0 N–H and O–H groups in total. The number of hydrogen-bond donors (Lipinski definition) is 0. The first-order chi connectivity index (χ1) is 58.7. The van der Waals surface area contributed by atoms with Gasteiger partial charge in [-0.15, -0.1) is 0 Å². The third-order valence-corrected chi connectivity index (χ3v) is 33.3. The van der Waals surface area contributed by atoms with Crippen LogP contribution in [-0.4, -0.2) is 12.6 Å². The van der Waals surface area contributed by atoms with Gasteiger partial charge in [0.05, 0.1) is 12.0 Å². The molecule has 2 heteroatoms. The van der Waals surface area contributed by atoms with Gasteiger partial charge in [0.2, 0.25) is 0 Å². The van der Waals surface area contributed by atoms with Crippen molar-refractivity contribution in [1.82, 2.24) is 0 Å². The highest BCUT2D eigenvalue weighted by Gasteiger charge is 2.77. The molecular formula is C118H236O2. The van der Waals surface area contributed by atoms with Gasteiger partial charge in [-0.05, 0) is 167 Å². The molecule has 1 unspecified atom stereocenters. The number of carbonyl (C=O) groups is 1. The van der Waals surface area contributed by atoms with Crippen molar-refractivity contribution in [3.63, 3.8) is 0 Å². The molecule has 0 saturated carbocycles. The third kappa shape index (κ3) is 43.5. The lowest BCUT2D eigenvalue weighted by molar-refractivity contribution is -0.293. The first kappa shape index (κ1) is 119. The van der Waals surface area contributed by atoms with Crippen molar-refractivity contribution in [3.05, 3.63) is 0 Å². The normalized spacial score (nSPS) is 13.4. The van der Waals surface area contributed by atoms with Crippen LogP contribution in [0.25, 0.3) is 0 Å². The maximum Gasteiger partial charge on any atom is 0.312 e. The highest BCUT2D eigenvalue weighted by atomic mass is 16.5. The van der Waals surface area contributed by atoms with E-state index in [1.165, 1.54) is 565 Å². The minimum atomic E-state index is -0.584. The summed E-state index contributed by atoms with van der Waals surface area (Å²) < 4.78 is 7.65. The molecule has 720 valence electrons. The van der Waals surface area contributed by atoms with Gasteiger partial charge in [0.1, 0.15) is 0 Å². The van der Waals surface area contributed by atoms with Gasteiger partial charge < -0.3 is 4.74 Å². The fraction of sp³-hybridized carbons (Fsp3) is 0.992. The molecule has 0 aromatic rings. The molecule has 0 bridgehead atoms. The van der Waals surface area contributed by atoms with Crippen LogP contribution < -0.4 is 0 Å². The minimum Gasteiger partial charge on any atom is -0.466 e. The Labute approximate surface area is 763 Å². The van der Waals surface area contributed by atoms with Crippen LogP contribution in [0, 0.1) is 43.3 Å². The molecule has 0 aromatic carbocycles. The summed E-state index contributed by atoms with van der Waals surface area (Å²) in [4.78, 5) is 18.6. The monoisotopic (exact) mass is 1690 g/mol. The highest BCUT2D eigenvalue weighted by Crippen LogP contribution is 2.83. The summed E-state index contributed by atoms with van der Waals surface area (Å²) in [6.45, 7) is 45.7. The van der Waals surface area contributed by atoms with E-state index in [2.05, 4.69) is 125 Å². The molecule has 0 radical (unpaired) electrons. The molecule has 0 rings (SSSR count). The SMILES string of the molecule is CCCCCCC(CCCCCC)(CCCCCC)CCCCCC(CCCCCC)(C(=O)OCC)C(CCCCCC)(CCCCCC)C(CCCCCC)(CCCCCC)C(CCCCCC)(CCCCCC)C(CCCCCC)(CCCCCC)C(CCCCCC)(CCCCCC)C(CCCCCC)(CCCCCC)CCCCCC. The molecule has 0 amide bonds. The summed E-state index contributed by atoms with van der Waals surface area (Å²) in [5.74, 6) is 0.348. The van der Waals surface area contributed by atoms with Crippen molar-refractivity contribution in [2.45, 2.75) is 703 Å². The zero-order chi connectivity index (χ0) is 88.6. The fourth-order valence-corrected chi connectivity index (χ4v) is 26.9. The number of carbonyl (C=O) groups excluding carboxylic acids is 1. The van der Waals surface area contributed by atoms with Crippen molar-refractivity contribution >= 4 is 5.97 Å². The van der Waals surface area contributed by atoms with Gasteiger partial charge in [0.25, 0.3) is 0 Å². The van der Waals surface area contributed by atoms with Crippen LogP contribution in [0.2, 0.25) is 0 Å². The van der Waals surface area contributed by atoms with Gasteiger partial charge in [-0.3, -0.25) is 4.79 Å². The number of hydrogen-bond acceptors (Lipinski definition) is 2. The molecule has 0 heterocycles. The standard InChI is InChI=1S/C118H236O2/c1-19-37-54-72-91-111(92-73-55-38-20-2,93-74-56-39-21-3)94-75-71-80-99-113(110(119)120-36-18,98-79-60-43-25-7)115(102-83-63-46-28-10,103-84-64-47-29-11)117(106-87-67-50-32-14,107-88-68-51-33-15)118(108-89-69-52-34-16,109-90-70-53-35-17)116(104-85-65-48-30-12,105-86-66-49-31-13)114(100-81-61-44-26-8,101-82-62-45-27-9)112(95-76-57-40-22-4,96-77-58-41-23-5)97-78-59-42-24-6/h19-109H2,1-18H3. The molecule has 0 saturated heterocycles. The van der Waals surface area contributed by atoms with Crippen LogP contribution in [0.3, 0.4) is 0 Å². The number of unbranched alkanes of at least 4 members (excludes halogenated alkanes) is 53. The molecule has 0 spiro atoms. The summed E-state index contributed by atoms with van der Waals surface area (Å²) in [6.07, 6.45) is 122. The van der Waals surface area contributed by atoms with E-state index in [0.29, 0.717) is 18.0 Å². The fourth-order valence-electron chi connectivity index (χ4n) is 26.9. The molecule has 0 aromatic heterocycles. The first-order valence-corrected chi connectivity index (χ1v) is 57.9. The Morgan fingerprint density at radius 3 is 0.483 bits per heavy atom. The van der Waals surface area contributed by atoms with Crippen molar-refractivity contribution in [1.29, 1.82) is 0 Å². The molecule has 1 atom stereocenters. The second kappa shape index (κ2) is 80.5.